The average Bonchev–Trinajstić information content (AvgIpc) is 3.34. The Labute approximate surface area is 157 Å². The number of likely N-dealkylation sites (N-methyl/N-ethyl adjacent to an activating group) is 1. The first kappa shape index (κ1) is 17.3. The number of H-pyrrole nitrogens is 1. The summed E-state index contributed by atoms with van der Waals surface area (Å²) in [6, 6.07) is 12.9. The maximum Gasteiger partial charge on any atom is 0.268 e. The number of benzene rings is 1. The molecule has 2 aromatic heterocycles. The second-order valence-electron chi connectivity index (χ2n) is 6.75. The molecular weight excluding hydrogens is 340 g/mol. The van der Waals surface area contributed by atoms with Gasteiger partial charge in [0.15, 0.2) is 0 Å². The standard InChI is InChI=1S/C21H22N4O2/c1-25-10-8-17-16(7-9-22-20(17)25)15-11-18(23-12-15)21(27)24-19(13-26)14-5-3-2-4-6-14/h2-7,9,11-12,19,23,26H,8,10,13H2,1H3,(H,24,27). The monoisotopic (exact) mass is 362 g/mol. The summed E-state index contributed by atoms with van der Waals surface area (Å²) in [5.41, 5.74) is 4.62. The van der Waals surface area contributed by atoms with Gasteiger partial charge in [0.1, 0.15) is 11.5 Å². The topological polar surface area (TPSA) is 81.2 Å². The molecule has 0 saturated carbocycles. The van der Waals surface area contributed by atoms with E-state index in [4.69, 9.17) is 0 Å². The molecule has 138 valence electrons. The van der Waals surface area contributed by atoms with Crippen molar-refractivity contribution < 1.29 is 9.90 Å². The molecule has 27 heavy (non-hydrogen) atoms. The minimum Gasteiger partial charge on any atom is -0.394 e. The maximum atomic E-state index is 12.6. The van der Waals surface area contributed by atoms with Gasteiger partial charge < -0.3 is 20.3 Å². The summed E-state index contributed by atoms with van der Waals surface area (Å²) in [6.07, 6.45) is 4.60. The van der Waals surface area contributed by atoms with Crippen LogP contribution in [0.3, 0.4) is 0 Å². The van der Waals surface area contributed by atoms with Gasteiger partial charge in [-0.3, -0.25) is 4.79 Å². The van der Waals surface area contributed by atoms with E-state index < -0.39 is 6.04 Å². The largest absolute Gasteiger partial charge is 0.394 e. The summed E-state index contributed by atoms with van der Waals surface area (Å²) in [5, 5.41) is 12.5. The third kappa shape index (κ3) is 3.31. The van der Waals surface area contributed by atoms with E-state index in [1.165, 1.54) is 5.56 Å². The number of rotatable bonds is 5. The minimum atomic E-state index is -0.440. The zero-order chi connectivity index (χ0) is 18.8. The second-order valence-corrected chi connectivity index (χ2v) is 6.75. The summed E-state index contributed by atoms with van der Waals surface area (Å²) in [4.78, 5) is 22.3. The van der Waals surface area contributed by atoms with Crippen LogP contribution >= 0.6 is 0 Å². The van der Waals surface area contributed by atoms with Gasteiger partial charge in [0, 0.05) is 37.1 Å². The molecule has 1 amide bonds. The van der Waals surface area contributed by atoms with Gasteiger partial charge in [-0.25, -0.2) is 4.98 Å². The molecule has 0 aliphatic carbocycles. The normalized spacial score (nSPS) is 14.1. The molecule has 6 heteroatoms. The van der Waals surface area contributed by atoms with Crippen LogP contribution in [0.25, 0.3) is 11.1 Å². The Balaban J connectivity index is 1.56. The number of nitrogens with zero attached hydrogens (tertiary/aromatic N) is 2. The first-order valence-corrected chi connectivity index (χ1v) is 9.02. The fourth-order valence-corrected chi connectivity index (χ4v) is 3.55. The van der Waals surface area contributed by atoms with Gasteiger partial charge in [-0.2, -0.15) is 0 Å². The number of carbonyl (C=O) groups excluding carboxylic acids is 1. The quantitative estimate of drug-likeness (QED) is 0.651. The van der Waals surface area contributed by atoms with E-state index in [9.17, 15) is 9.90 Å². The van der Waals surface area contributed by atoms with Crippen LogP contribution in [0.5, 0.6) is 0 Å². The molecule has 3 aromatic rings. The summed E-state index contributed by atoms with van der Waals surface area (Å²) >= 11 is 0. The predicted molar refractivity (Wildman–Crippen MR) is 105 cm³/mol. The molecule has 0 bridgehead atoms. The molecule has 0 saturated heterocycles. The first-order valence-electron chi connectivity index (χ1n) is 9.02. The molecule has 3 N–H and O–H groups in total. The number of fused-ring (bicyclic) bond motifs is 1. The van der Waals surface area contributed by atoms with Crippen LogP contribution in [-0.4, -0.2) is 41.2 Å². The molecule has 0 radical (unpaired) electrons. The Hall–Kier alpha value is -3.12. The van der Waals surface area contributed by atoms with Crippen molar-refractivity contribution in [1.29, 1.82) is 0 Å². The van der Waals surface area contributed by atoms with Gasteiger partial charge in [0.05, 0.1) is 12.6 Å². The minimum absolute atomic E-state index is 0.159. The molecule has 6 nitrogen and oxygen atoms in total. The van der Waals surface area contributed by atoms with Crippen LogP contribution in [0.15, 0.2) is 54.9 Å². The molecule has 1 aliphatic heterocycles. The van der Waals surface area contributed by atoms with E-state index >= 15 is 0 Å². The first-order chi connectivity index (χ1) is 13.2. The predicted octanol–water partition coefficient (Wildman–Crippen LogP) is 2.53. The second kappa shape index (κ2) is 7.25. The van der Waals surface area contributed by atoms with Crippen LogP contribution in [0.1, 0.15) is 27.7 Å². The van der Waals surface area contributed by atoms with Gasteiger partial charge in [-0.05, 0) is 29.7 Å². The number of aliphatic hydroxyl groups excluding tert-OH is 1. The number of amides is 1. The van der Waals surface area contributed by atoms with Crippen molar-refractivity contribution in [1.82, 2.24) is 15.3 Å². The smallest absolute Gasteiger partial charge is 0.268 e. The molecule has 1 unspecified atom stereocenters. The lowest BCUT2D eigenvalue weighted by Gasteiger charge is -2.16. The van der Waals surface area contributed by atoms with Crippen molar-refractivity contribution in [2.75, 3.05) is 25.1 Å². The van der Waals surface area contributed by atoms with E-state index in [2.05, 4.69) is 20.2 Å². The number of anilines is 1. The Bertz CT molecular complexity index is 952. The highest BCUT2D eigenvalue weighted by Crippen LogP contribution is 2.33. The fourth-order valence-electron chi connectivity index (χ4n) is 3.55. The summed E-state index contributed by atoms with van der Waals surface area (Å²) < 4.78 is 0. The molecule has 1 aromatic carbocycles. The maximum absolute atomic E-state index is 12.6. The molecule has 0 fully saturated rings. The van der Waals surface area contributed by atoms with Crippen molar-refractivity contribution in [2.45, 2.75) is 12.5 Å². The van der Waals surface area contributed by atoms with Crippen molar-refractivity contribution in [3.8, 4) is 11.1 Å². The summed E-state index contributed by atoms with van der Waals surface area (Å²) in [5.74, 6) is 0.760. The van der Waals surface area contributed by atoms with E-state index in [1.54, 1.807) is 6.20 Å². The highest BCUT2D eigenvalue weighted by molar-refractivity contribution is 5.94. The van der Waals surface area contributed by atoms with Gasteiger partial charge in [0.25, 0.3) is 5.91 Å². The number of aliphatic hydroxyl groups is 1. The molecule has 1 atom stereocenters. The van der Waals surface area contributed by atoms with Gasteiger partial charge in [-0.15, -0.1) is 0 Å². The SMILES string of the molecule is CN1CCc2c(-c3c[nH]c(C(=O)NC(CO)c4ccccc4)c3)ccnc21. The van der Waals surface area contributed by atoms with E-state index in [-0.39, 0.29) is 12.5 Å². The fraction of sp³-hybridized carbons (Fsp3) is 0.238. The van der Waals surface area contributed by atoms with E-state index in [1.807, 2.05) is 55.7 Å². The number of aromatic amines is 1. The van der Waals surface area contributed by atoms with Crippen LogP contribution in [0.2, 0.25) is 0 Å². The lowest BCUT2D eigenvalue weighted by atomic mass is 10.0. The number of carbonyl (C=O) groups is 1. The number of hydrogen-bond acceptors (Lipinski definition) is 4. The van der Waals surface area contributed by atoms with Crippen molar-refractivity contribution in [2.24, 2.45) is 0 Å². The molecule has 4 rings (SSSR count). The lowest BCUT2D eigenvalue weighted by Crippen LogP contribution is -2.30. The number of aromatic nitrogens is 2. The zero-order valence-electron chi connectivity index (χ0n) is 15.1. The number of hydrogen-bond donors (Lipinski definition) is 3. The van der Waals surface area contributed by atoms with E-state index in [0.717, 1.165) is 35.5 Å². The highest BCUT2D eigenvalue weighted by atomic mass is 16.3. The molecule has 3 heterocycles. The molecular formula is C21H22N4O2. The lowest BCUT2D eigenvalue weighted by molar-refractivity contribution is 0.0912. The van der Waals surface area contributed by atoms with Crippen LogP contribution in [-0.2, 0) is 6.42 Å². The Morgan fingerprint density at radius 1 is 1.33 bits per heavy atom. The highest BCUT2D eigenvalue weighted by Gasteiger charge is 2.22. The molecule has 1 aliphatic rings. The van der Waals surface area contributed by atoms with E-state index in [0.29, 0.717) is 5.69 Å². The molecule has 0 spiro atoms. The van der Waals surface area contributed by atoms with Crippen LogP contribution < -0.4 is 10.2 Å². The van der Waals surface area contributed by atoms with Crippen molar-refractivity contribution in [3.05, 3.63) is 71.7 Å². The number of nitrogens with one attached hydrogen (secondary N) is 2. The Kier molecular flexibility index (Phi) is 4.64. The summed E-state index contributed by atoms with van der Waals surface area (Å²) in [6.45, 7) is 0.792. The zero-order valence-corrected chi connectivity index (χ0v) is 15.1. The Morgan fingerprint density at radius 2 is 2.15 bits per heavy atom. The van der Waals surface area contributed by atoms with Gasteiger partial charge >= 0.3 is 0 Å². The van der Waals surface area contributed by atoms with Crippen molar-refractivity contribution >= 4 is 11.7 Å². The van der Waals surface area contributed by atoms with Crippen LogP contribution in [0, 0.1) is 0 Å². The third-order valence-electron chi connectivity index (χ3n) is 5.02. The number of pyridine rings is 1. The van der Waals surface area contributed by atoms with Crippen LogP contribution in [0.4, 0.5) is 5.82 Å². The third-order valence-corrected chi connectivity index (χ3v) is 5.02. The summed E-state index contributed by atoms with van der Waals surface area (Å²) in [7, 11) is 2.04. The Morgan fingerprint density at radius 3 is 2.93 bits per heavy atom. The van der Waals surface area contributed by atoms with Gasteiger partial charge in [0.2, 0.25) is 0 Å². The van der Waals surface area contributed by atoms with Gasteiger partial charge in [-0.1, -0.05) is 30.3 Å². The average molecular weight is 362 g/mol. The van der Waals surface area contributed by atoms with Crippen molar-refractivity contribution in [3.63, 3.8) is 0 Å².